The van der Waals surface area contributed by atoms with Crippen LogP contribution in [0.15, 0.2) is 114 Å². The third-order valence-corrected chi connectivity index (χ3v) is 8.52. The van der Waals surface area contributed by atoms with Gasteiger partial charge in [0.2, 0.25) is 11.8 Å². The van der Waals surface area contributed by atoms with E-state index < -0.39 is 40.2 Å². The number of nitrogens with one attached hydrogen (secondary N) is 1. The van der Waals surface area contributed by atoms with Crippen LogP contribution in [-0.2, 0) is 32.6 Å². The average molecular weight is 590 g/mol. The number of amides is 2. The van der Waals surface area contributed by atoms with E-state index in [0.29, 0.717) is 11.3 Å². The fourth-order valence-corrected chi connectivity index (χ4v) is 5.96. The highest BCUT2D eigenvalue weighted by atomic mass is 32.2. The van der Waals surface area contributed by atoms with E-state index in [0.717, 1.165) is 34.1 Å². The van der Waals surface area contributed by atoms with Crippen LogP contribution >= 0.6 is 0 Å². The normalized spacial score (nSPS) is 11.8. The van der Waals surface area contributed by atoms with Gasteiger partial charge in [0.25, 0.3) is 10.0 Å². The summed E-state index contributed by atoms with van der Waals surface area (Å²) in [7, 11) is -1.27. The van der Waals surface area contributed by atoms with Gasteiger partial charge in [-0.15, -0.1) is 0 Å². The van der Waals surface area contributed by atoms with Gasteiger partial charge in [-0.1, -0.05) is 60.7 Å². The summed E-state index contributed by atoms with van der Waals surface area (Å²) < 4.78 is 47.6. The highest BCUT2D eigenvalue weighted by Gasteiger charge is 2.34. The summed E-state index contributed by atoms with van der Waals surface area (Å²) in [6.45, 7) is -0.587. The minimum Gasteiger partial charge on any atom is -0.497 e. The van der Waals surface area contributed by atoms with Crippen molar-refractivity contribution in [2.24, 2.45) is 0 Å². The lowest BCUT2D eigenvalue weighted by Crippen LogP contribution is -2.53. The van der Waals surface area contributed by atoms with E-state index in [4.69, 9.17) is 4.74 Å². The van der Waals surface area contributed by atoms with Crippen molar-refractivity contribution in [2.75, 3.05) is 25.0 Å². The van der Waals surface area contributed by atoms with E-state index >= 15 is 0 Å². The molecule has 0 fully saturated rings. The lowest BCUT2D eigenvalue weighted by Gasteiger charge is -2.33. The highest BCUT2D eigenvalue weighted by Crippen LogP contribution is 2.25. The van der Waals surface area contributed by atoms with E-state index in [1.54, 1.807) is 54.6 Å². The molecule has 4 rings (SSSR count). The smallest absolute Gasteiger partial charge is 0.264 e. The van der Waals surface area contributed by atoms with Gasteiger partial charge in [0.1, 0.15) is 24.2 Å². The van der Waals surface area contributed by atoms with Crippen LogP contribution in [-0.4, -0.2) is 51.9 Å². The van der Waals surface area contributed by atoms with E-state index in [2.05, 4.69) is 5.32 Å². The van der Waals surface area contributed by atoms with Crippen LogP contribution in [0.2, 0.25) is 0 Å². The quantitative estimate of drug-likeness (QED) is 0.264. The third kappa shape index (κ3) is 7.32. The van der Waals surface area contributed by atoms with Gasteiger partial charge in [0, 0.05) is 20.0 Å². The first-order valence-electron chi connectivity index (χ1n) is 13.2. The fourth-order valence-electron chi connectivity index (χ4n) is 4.54. The molecule has 0 saturated heterocycles. The first kappa shape index (κ1) is 30.3. The van der Waals surface area contributed by atoms with Crippen molar-refractivity contribution in [3.63, 3.8) is 0 Å². The number of sulfonamides is 1. The minimum absolute atomic E-state index is 0.0141. The first-order chi connectivity index (χ1) is 20.2. The van der Waals surface area contributed by atoms with Gasteiger partial charge >= 0.3 is 0 Å². The first-order valence-corrected chi connectivity index (χ1v) is 14.7. The number of benzene rings is 4. The number of ether oxygens (including phenoxy) is 1. The van der Waals surface area contributed by atoms with Crippen LogP contribution in [0.5, 0.6) is 5.75 Å². The van der Waals surface area contributed by atoms with E-state index in [1.165, 1.54) is 19.1 Å². The molecule has 0 bridgehead atoms. The lowest BCUT2D eigenvalue weighted by molar-refractivity contribution is -0.139. The summed E-state index contributed by atoms with van der Waals surface area (Å²) in [5, 5.41) is 2.65. The number of hydrogen-bond donors (Lipinski definition) is 1. The van der Waals surface area contributed by atoms with Gasteiger partial charge in [-0.25, -0.2) is 12.8 Å². The highest BCUT2D eigenvalue weighted by molar-refractivity contribution is 7.92. The molecule has 2 amide bonds. The lowest BCUT2D eigenvalue weighted by atomic mass is 10.0. The fraction of sp³-hybridized carbons (Fsp3) is 0.188. The molecule has 0 saturated carbocycles. The number of anilines is 1. The Morgan fingerprint density at radius 2 is 1.48 bits per heavy atom. The van der Waals surface area contributed by atoms with Crippen LogP contribution < -0.4 is 14.4 Å². The number of nitrogens with zero attached hydrogens (tertiary/aromatic N) is 2. The van der Waals surface area contributed by atoms with Gasteiger partial charge in [-0.05, 0) is 59.7 Å². The Morgan fingerprint density at radius 1 is 0.857 bits per heavy atom. The Bertz CT molecular complexity index is 1600. The van der Waals surface area contributed by atoms with Crippen LogP contribution in [0.1, 0.15) is 11.1 Å². The van der Waals surface area contributed by atoms with Crippen LogP contribution in [0, 0.1) is 5.82 Å². The molecule has 42 heavy (non-hydrogen) atoms. The van der Waals surface area contributed by atoms with Crippen molar-refractivity contribution in [1.29, 1.82) is 0 Å². The molecule has 218 valence electrons. The van der Waals surface area contributed by atoms with E-state index in [9.17, 15) is 22.4 Å². The van der Waals surface area contributed by atoms with Gasteiger partial charge in [-0.3, -0.25) is 13.9 Å². The van der Waals surface area contributed by atoms with Crippen molar-refractivity contribution in [1.82, 2.24) is 10.2 Å². The largest absolute Gasteiger partial charge is 0.497 e. The number of rotatable bonds is 12. The summed E-state index contributed by atoms with van der Waals surface area (Å²) in [6.07, 6.45) is 0.201. The maximum absolute atomic E-state index is 14.2. The Kier molecular flexibility index (Phi) is 9.93. The van der Waals surface area contributed by atoms with Gasteiger partial charge in [0.15, 0.2) is 0 Å². The van der Waals surface area contributed by atoms with E-state index in [1.807, 2.05) is 30.3 Å². The molecule has 8 nitrogen and oxygen atoms in total. The van der Waals surface area contributed by atoms with Crippen molar-refractivity contribution < 1.29 is 27.1 Å². The number of methoxy groups -OCH3 is 1. The van der Waals surface area contributed by atoms with Crippen LogP contribution in [0.3, 0.4) is 0 Å². The molecule has 0 aromatic heterocycles. The summed E-state index contributed by atoms with van der Waals surface area (Å²) in [4.78, 5) is 28.7. The topological polar surface area (TPSA) is 96.0 Å². The number of para-hydroxylation sites is 1. The minimum atomic E-state index is -4.29. The zero-order chi connectivity index (χ0) is 30.1. The molecule has 0 aliphatic carbocycles. The molecule has 4 aromatic carbocycles. The number of halogens is 1. The maximum atomic E-state index is 14.2. The molecule has 1 atom stereocenters. The van der Waals surface area contributed by atoms with Crippen molar-refractivity contribution in [3.05, 3.63) is 126 Å². The Morgan fingerprint density at radius 3 is 2.10 bits per heavy atom. The number of carbonyl (C=O) groups is 2. The van der Waals surface area contributed by atoms with Crippen molar-refractivity contribution in [2.45, 2.75) is 23.9 Å². The SMILES string of the molecule is CNC(=O)[C@H](Cc1ccccc1)N(Cc1cccc(OC)c1)C(=O)CN(c1ccccc1)S(=O)(=O)c1ccc(F)cc1. The Balaban J connectivity index is 1.77. The standard InChI is InChI=1S/C32H32FN3O5S/c1-34-32(38)30(21-24-10-5-3-6-11-24)35(22-25-12-9-15-28(20-25)41-2)31(37)23-36(27-13-7-4-8-14-27)42(39,40)29-18-16-26(33)17-19-29/h3-20,30H,21-23H2,1-2H3,(H,34,38)/t30-/m0/s1. The molecular weight excluding hydrogens is 557 g/mol. The monoisotopic (exact) mass is 589 g/mol. The molecule has 0 unspecified atom stereocenters. The predicted molar refractivity (Wildman–Crippen MR) is 159 cm³/mol. The zero-order valence-corrected chi connectivity index (χ0v) is 24.1. The molecule has 0 aliphatic rings. The molecule has 0 radical (unpaired) electrons. The summed E-state index contributed by atoms with van der Waals surface area (Å²) in [5.74, 6) is -1.01. The van der Waals surface area contributed by atoms with Crippen molar-refractivity contribution in [3.8, 4) is 5.75 Å². The molecule has 1 N–H and O–H groups in total. The molecule has 0 aliphatic heterocycles. The average Bonchev–Trinajstić information content (AvgIpc) is 3.02. The van der Waals surface area contributed by atoms with Crippen LogP contribution in [0.4, 0.5) is 10.1 Å². The summed E-state index contributed by atoms with van der Waals surface area (Å²) >= 11 is 0. The molecule has 10 heteroatoms. The zero-order valence-electron chi connectivity index (χ0n) is 23.3. The number of hydrogen-bond acceptors (Lipinski definition) is 5. The van der Waals surface area contributed by atoms with Crippen molar-refractivity contribution >= 4 is 27.5 Å². The Hall–Kier alpha value is -4.70. The molecular formula is C32H32FN3O5S. The second-order valence-corrected chi connectivity index (χ2v) is 11.4. The molecule has 0 spiro atoms. The summed E-state index contributed by atoms with van der Waals surface area (Å²) in [5.41, 5.74) is 1.77. The molecule has 0 heterocycles. The number of carbonyl (C=O) groups excluding carboxylic acids is 2. The second kappa shape index (κ2) is 13.8. The third-order valence-electron chi connectivity index (χ3n) is 6.73. The number of likely N-dealkylation sites (N-methyl/N-ethyl adjacent to an activating group) is 1. The molecule has 4 aromatic rings. The van der Waals surface area contributed by atoms with Gasteiger partial charge in [-0.2, -0.15) is 0 Å². The van der Waals surface area contributed by atoms with Gasteiger partial charge in [0.05, 0.1) is 17.7 Å². The second-order valence-electron chi connectivity index (χ2n) is 9.49. The van der Waals surface area contributed by atoms with E-state index in [-0.39, 0.29) is 23.5 Å². The summed E-state index contributed by atoms with van der Waals surface area (Å²) in [6, 6.07) is 28.0. The predicted octanol–water partition coefficient (Wildman–Crippen LogP) is 4.42. The van der Waals surface area contributed by atoms with Crippen LogP contribution in [0.25, 0.3) is 0 Å². The maximum Gasteiger partial charge on any atom is 0.264 e. The van der Waals surface area contributed by atoms with Gasteiger partial charge < -0.3 is 15.0 Å². The Labute approximate surface area is 245 Å².